The summed E-state index contributed by atoms with van der Waals surface area (Å²) < 4.78 is 12.8. The van der Waals surface area contributed by atoms with Gasteiger partial charge in [-0.25, -0.2) is 4.39 Å². The van der Waals surface area contributed by atoms with Crippen molar-refractivity contribution in [2.75, 3.05) is 6.54 Å². The Morgan fingerprint density at radius 2 is 2.18 bits per heavy atom. The van der Waals surface area contributed by atoms with Crippen molar-refractivity contribution in [2.24, 2.45) is 0 Å². The van der Waals surface area contributed by atoms with Gasteiger partial charge in [0, 0.05) is 0 Å². The van der Waals surface area contributed by atoms with Crippen LogP contribution in [0.15, 0.2) is 24.3 Å². The zero-order valence-electron chi connectivity index (χ0n) is 9.87. The standard InChI is InChI=1S/C13H17FN2O/c1-9(10-4-6-11(14)7-5-10)16-13(17)12-3-2-8-15-12/h4-7,9,12,15H,2-3,8H2,1H3,(H,16,17)/t9-,12+/m0/s1. The maximum atomic E-state index is 12.8. The zero-order valence-corrected chi connectivity index (χ0v) is 9.87. The lowest BCUT2D eigenvalue weighted by Gasteiger charge is -2.17. The van der Waals surface area contributed by atoms with Gasteiger partial charge >= 0.3 is 0 Å². The molecular formula is C13H17FN2O. The lowest BCUT2D eigenvalue weighted by atomic mass is 10.1. The molecule has 1 amide bonds. The molecule has 2 N–H and O–H groups in total. The molecule has 4 heteroatoms. The maximum absolute atomic E-state index is 12.8. The Bertz CT molecular complexity index is 385. The first kappa shape index (κ1) is 12.0. The van der Waals surface area contributed by atoms with E-state index in [9.17, 15) is 9.18 Å². The quantitative estimate of drug-likeness (QED) is 0.839. The molecule has 2 atom stereocenters. The Morgan fingerprint density at radius 1 is 1.47 bits per heavy atom. The van der Waals surface area contributed by atoms with Gasteiger partial charge in [-0.15, -0.1) is 0 Å². The van der Waals surface area contributed by atoms with Gasteiger partial charge in [-0.2, -0.15) is 0 Å². The van der Waals surface area contributed by atoms with Gasteiger partial charge in [0.05, 0.1) is 12.1 Å². The van der Waals surface area contributed by atoms with Crippen molar-refractivity contribution in [2.45, 2.75) is 31.8 Å². The molecule has 3 nitrogen and oxygen atoms in total. The Morgan fingerprint density at radius 3 is 2.76 bits per heavy atom. The number of rotatable bonds is 3. The Hall–Kier alpha value is -1.42. The molecule has 1 aromatic carbocycles. The third kappa shape index (κ3) is 3.03. The van der Waals surface area contributed by atoms with Crippen LogP contribution in [0.1, 0.15) is 31.4 Å². The molecule has 92 valence electrons. The fourth-order valence-corrected chi connectivity index (χ4v) is 2.06. The van der Waals surface area contributed by atoms with Crippen LogP contribution in [0, 0.1) is 5.82 Å². The van der Waals surface area contributed by atoms with Crippen molar-refractivity contribution in [3.63, 3.8) is 0 Å². The van der Waals surface area contributed by atoms with E-state index in [0.717, 1.165) is 24.9 Å². The Kier molecular flexibility index (Phi) is 3.74. The number of amides is 1. The van der Waals surface area contributed by atoms with Crippen molar-refractivity contribution in [1.29, 1.82) is 0 Å². The third-order valence-corrected chi connectivity index (χ3v) is 3.11. The molecule has 1 aliphatic heterocycles. The van der Waals surface area contributed by atoms with Crippen molar-refractivity contribution >= 4 is 5.91 Å². The van der Waals surface area contributed by atoms with Crippen LogP contribution in [-0.2, 0) is 4.79 Å². The fourth-order valence-electron chi connectivity index (χ4n) is 2.06. The van der Waals surface area contributed by atoms with Crippen molar-refractivity contribution in [1.82, 2.24) is 10.6 Å². The normalized spacial score (nSPS) is 21.2. The molecule has 1 saturated heterocycles. The molecule has 0 bridgehead atoms. The highest BCUT2D eigenvalue weighted by molar-refractivity contribution is 5.82. The predicted octanol–water partition coefficient (Wildman–Crippen LogP) is 1.75. The van der Waals surface area contributed by atoms with Crippen molar-refractivity contribution in [3.05, 3.63) is 35.6 Å². The monoisotopic (exact) mass is 236 g/mol. The van der Waals surface area contributed by atoms with Crippen molar-refractivity contribution in [3.8, 4) is 0 Å². The number of hydrogen-bond acceptors (Lipinski definition) is 2. The summed E-state index contributed by atoms with van der Waals surface area (Å²) in [6, 6.07) is 6.05. The SMILES string of the molecule is C[C@H](NC(=O)[C@H]1CCCN1)c1ccc(F)cc1. The van der Waals surface area contributed by atoms with Gasteiger partial charge in [-0.1, -0.05) is 12.1 Å². The zero-order chi connectivity index (χ0) is 12.3. The van der Waals surface area contributed by atoms with E-state index < -0.39 is 0 Å². The molecule has 17 heavy (non-hydrogen) atoms. The first-order valence-electron chi connectivity index (χ1n) is 5.96. The Labute approximate surface area is 100 Å². The van der Waals surface area contributed by atoms with Crippen LogP contribution in [0.5, 0.6) is 0 Å². The average molecular weight is 236 g/mol. The number of nitrogens with one attached hydrogen (secondary N) is 2. The number of halogens is 1. The van der Waals surface area contributed by atoms with E-state index in [1.165, 1.54) is 12.1 Å². The second kappa shape index (κ2) is 5.27. The van der Waals surface area contributed by atoms with E-state index in [2.05, 4.69) is 10.6 Å². The van der Waals surface area contributed by atoms with Gasteiger partial charge in [0.15, 0.2) is 0 Å². The molecule has 0 saturated carbocycles. The minimum Gasteiger partial charge on any atom is -0.348 e. The summed E-state index contributed by atoms with van der Waals surface area (Å²) in [6.45, 7) is 2.81. The van der Waals surface area contributed by atoms with Crippen LogP contribution in [0.3, 0.4) is 0 Å². The van der Waals surface area contributed by atoms with E-state index >= 15 is 0 Å². The molecular weight excluding hydrogens is 219 g/mol. The summed E-state index contributed by atoms with van der Waals surface area (Å²) >= 11 is 0. The number of carbonyl (C=O) groups excluding carboxylic acids is 1. The predicted molar refractivity (Wildman–Crippen MR) is 64.0 cm³/mol. The van der Waals surface area contributed by atoms with Crippen LogP contribution in [0.4, 0.5) is 4.39 Å². The second-order valence-corrected chi connectivity index (χ2v) is 4.43. The maximum Gasteiger partial charge on any atom is 0.237 e. The van der Waals surface area contributed by atoms with Crippen molar-refractivity contribution < 1.29 is 9.18 Å². The van der Waals surface area contributed by atoms with Gasteiger partial charge in [-0.05, 0) is 44.0 Å². The number of benzene rings is 1. The van der Waals surface area contributed by atoms with E-state index in [1.807, 2.05) is 6.92 Å². The highest BCUT2D eigenvalue weighted by atomic mass is 19.1. The van der Waals surface area contributed by atoms with Crippen LogP contribution in [0.25, 0.3) is 0 Å². The lowest BCUT2D eigenvalue weighted by molar-refractivity contribution is -0.123. The van der Waals surface area contributed by atoms with Gasteiger partial charge < -0.3 is 10.6 Å². The molecule has 1 fully saturated rings. The molecule has 1 heterocycles. The second-order valence-electron chi connectivity index (χ2n) is 4.43. The first-order chi connectivity index (χ1) is 8.16. The minimum atomic E-state index is -0.260. The lowest BCUT2D eigenvalue weighted by Crippen LogP contribution is -2.41. The minimum absolute atomic E-state index is 0.0272. The van der Waals surface area contributed by atoms with Gasteiger partial charge in [0.1, 0.15) is 5.82 Å². The highest BCUT2D eigenvalue weighted by Crippen LogP contribution is 2.14. The first-order valence-corrected chi connectivity index (χ1v) is 5.96. The summed E-state index contributed by atoms with van der Waals surface area (Å²) in [5, 5.41) is 6.08. The van der Waals surface area contributed by atoms with E-state index in [1.54, 1.807) is 12.1 Å². The summed E-state index contributed by atoms with van der Waals surface area (Å²) in [6.07, 6.45) is 1.94. The van der Waals surface area contributed by atoms with E-state index in [0.29, 0.717) is 0 Å². The van der Waals surface area contributed by atoms with Crippen LogP contribution in [0.2, 0.25) is 0 Å². The smallest absolute Gasteiger partial charge is 0.237 e. The largest absolute Gasteiger partial charge is 0.348 e. The summed E-state index contributed by atoms with van der Waals surface area (Å²) in [5.41, 5.74) is 0.915. The molecule has 0 aromatic heterocycles. The van der Waals surface area contributed by atoms with Crippen LogP contribution < -0.4 is 10.6 Å². The molecule has 2 rings (SSSR count). The van der Waals surface area contributed by atoms with Gasteiger partial charge in [0.25, 0.3) is 0 Å². The van der Waals surface area contributed by atoms with E-state index in [4.69, 9.17) is 0 Å². The average Bonchev–Trinajstić information content (AvgIpc) is 2.83. The number of hydrogen-bond donors (Lipinski definition) is 2. The summed E-state index contributed by atoms with van der Waals surface area (Å²) in [4.78, 5) is 11.8. The molecule has 1 aromatic rings. The summed E-state index contributed by atoms with van der Waals surface area (Å²) in [5.74, 6) is -0.232. The molecule has 0 spiro atoms. The third-order valence-electron chi connectivity index (χ3n) is 3.11. The molecule has 0 radical (unpaired) electrons. The van der Waals surface area contributed by atoms with Gasteiger partial charge in [-0.3, -0.25) is 4.79 Å². The Balaban J connectivity index is 1.93. The van der Waals surface area contributed by atoms with Crippen LogP contribution in [-0.4, -0.2) is 18.5 Å². The molecule has 0 aliphatic carbocycles. The topological polar surface area (TPSA) is 41.1 Å². The highest BCUT2D eigenvalue weighted by Gasteiger charge is 2.23. The van der Waals surface area contributed by atoms with Crippen LogP contribution >= 0.6 is 0 Å². The van der Waals surface area contributed by atoms with E-state index in [-0.39, 0.29) is 23.8 Å². The molecule has 1 aliphatic rings. The number of carbonyl (C=O) groups is 1. The fraction of sp³-hybridized carbons (Fsp3) is 0.462. The summed E-state index contributed by atoms with van der Waals surface area (Å²) in [7, 11) is 0. The van der Waals surface area contributed by atoms with Gasteiger partial charge in [0.2, 0.25) is 5.91 Å². The molecule has 0 unspecified atom stereocenters.